The molecule has 5 aliphatic rings. The van der Waals surface area contributed by atoms with Crippen LogP contribution in [0, 0.1) is 0 Å². The highest BCUT2D eigenvalue weighted by atomic mass is 16.8. The van der Waals surface area contributed by atoms with Gasteiger partial charge in [-0.15, -0.1) is 0 Å². The Kier molecular flexibility index (Phi) is 31.3. The van der Waals surface area contributed by atoms with E-state index >= 15 is 0 Å². The second-order valence-electron chi connectivity index (χ2n) is 27.5. The second kappa shape index (κ2) is 42.4. The van der Waals surface area contributed by atoms with E-state index in [0.29, 0.717) is 33.4 Å². The summed E-state index contributed by atoms with van der Waals surface area (Å²) in [4.78, 5) is 48.0. The predicted octanol–water partition coefficient (Wildman–Crippen LogP) is 6.83. The molecule has 5 fully saturated rings. The van der Waals surface area contributed by atoms with Crippen LogP contribution in [0.2, 0.25) is 0 Å². The molecule has 0 spiro atoms. The van der Waals surface area contributed by atoms with Crippen molar-refractivity contribution in [2.75, 3.05) is 26.9 Å². The molecule has 12 rings (SSSR count). The van der Waals surface area contributed by atoms with E-state index in [1.807, 2.05) is 36.4 Å². The van der Waals surface area contributed by atoms with Crippen LogP contribution in [-0.2, 0) is 136 Å². The lowest BCUT2D eigenvalue weighted by Gasteiger charge is -2.51. The minimum absolute atomic E-state index is 0.0177. The number of nitrogens with one attached hydrogen (secondary N) is 1. The number of carbonyl (C=O) groups is 3. The van der Waals surface area contributed by atoms with Gasteiger partial charge in [-0.25, -0.2) is 14.4 Å². The van der Waals surface area contributed by atoms with Gasteiger partial charge in [-0.2, -0.15) is 0 Å². The van der Waals surface area contributed by atoms with Gasteiger partial charge < -0.3 is 122 Å². The average molecular weight is 1590 g/mol. The van der Waals surface area contributed by atoms with E-state index in [4.69, 9.17) is 80.5 Å². The highest BCUT2D eigenvalue weighted by Gasteiger charge is 2.60. The maximum Gasteiger partial charge on any atom is 0.407 e. The molecule has 0 unspecified atom stereocenters. The fourth-order valence-corrected chi connectivity index (χ4v) is 14.2. The molecule has 0 bridgehead atoms. The largest absolute Gasteiger partial charge is 0.479 e. The molecule has 34 heteroatoms. The number of methoxy groups -OCH3 is 1. The average Bonchev–Trinajstić information content (AvgIpc) is 0.763. The number of hydrogen-bond donors (Lipinski definition) is 8. The van der Waals surface area contributed by atoms with Crippen molar-refractivity contribution in [3.63, 3.8) is 0 Å². The first-order valence-electron chi connectivity index (χ1n) is 37.2. The van der Waals surface area contributed by atoms with Crippen molar-refractivity contribution in [2.24, 2.45) is 10.2 Å². The van der Waals surface area contributed by atoms with Crippen LogP contribution in [0.1, 0.15) is 38.9 Å². The highest BCUT2D eigenvalue weighted by molar-refractivity contribution is 5.74. The molecule has 612 valence electrons. The molecular formula is C81H91N7O27. The number of rotatable bonds is 37. The molecule has 5 saturated heterocycles. The molecule has 0 radical (unpaired) electrons. The lowest BCUT2D eigenvalue weighted by atomic mass is 9.93. The van der Waals surface area contributed by atoms with Gasteiger partial charge in [-0.1, -0.05) is 223 Å². The normalized spacial score (nSPS) is 31.3. The van der Waals surface area contributed by atoms with E-state index < -0.39 is 191 Å². The van der Waals surface area contributed by atoms with Crippen LogP contribution in [0.5, 0.6) is 0 Å². The summed E-state index contributed by atoms with van der Waals surface area (Å²) in [6, 6.07) is 56.8. The molecule has 7 aromatic carbocycles. The van der Waals surface area contributed by atoms with Crippen LogP contribution in [0.25, 0.3) is 20.9 Å². The van der Waals surface area contributed by atoms with Crippen molar-refractivity contribution < 1.29 is 131 Å². The number of aliphatic hydroxyl groups is 5. The number of azide groups is 2. The first kappa shape index (κ1) is 84.9. The summed E-state index contributed by atoms with van der Waals surface area (Å²) < 4.78 is 109. The van der Waals surface area contributed by atoms with Gasteiger partial charge in [-0.05, 0) is 50.0 Å². The minimum atomic E-state index is -2.26. The van der Waals surface area contributed by atoms with E-state index in [1.54, 1.807) is 176 Å². The Morgan fingerprint density at radius 2 is 0.696 bits per heavy atom. The Balaban J connectivity index is 0.852. The maximum atomic E-state index is 14.2. The molecule has 7 aromatic rings. The Bertz CT molecular complexity index is 4220. The summed E-state index contributed by atoms with van der Waals surface area (Å²) >= 11 is 0. The molecule has 0 saturated carbocycles. The number of nitrogens with zero attached hydrogens (tertiary/aromatic N) is 6. The molecule has 25 atom stereocenters. The number of carbonyl (C=O) groups excluding carboxylic acids is 1. The molecule has 1 amide bonds. The molecule has 0 aromatic heterocycles. The van der Waals surface area contributed by atoms with Gasteiger partial charge in [0.15, 0.2) is 43.7 Å². The fourth-order valence-electron chi connectivity index (χ4n) is 14.2. The SMILES string of the molecule is CO[C@H]1O[C@H](CO)[C@@H](O[C@@H]2O[C@@H](C(=O)O)[C@@H](O[C@@H]3O[C@H](CO)[C@@H](O[C@@H]4O[C@H](C(=O)O)[C@@H](O[C@H]5O[C@H](CO)[C@@H](OCc6ccccc6)[C@H](OCc6ccccc6)[C@H]5N=[N+]=[N-])[C@H](OCc5ccccc5)[C@H]4OCc4ccccc4)[C@H](O)[C@H]3N=[N+]=[N-])[C@H](OCc3ccccc3)[C@H]2O)[C@H](OCc2ccccc2)[C@H]1NC(=O)OCc1ccccc1. The standard InChI is InChI=1S/C81H91N7O27/c1-99-76-58(84-81(98)106-46-53-35-21-8-22-36-53)65(101-41-48-25-11-3-12-26-48)64(56(39-91)107-76)111-79-61(93)67(103-43-50-29-15-5-16-30-50)69(71(114-79)74(94)95)112-77-57(85-87-82)60(92)62(54(37-89)108-77)110-80-73(105-45-52-33-19-7-20-34-52)68(104-44-51-31-17-6-18-32-51)70(72(115-80)75(96)97)113-78-59(86-88-83)66(102-42-49-27-13-4-14-28-49)63(55(38-90)109-78)100-40-47-23-9-2-10-24-47/h2-36,54-73,76-80,89-93H,37-46H2,1H3,(H,84,98)(H,94,95)(H,96,97)/t54-,55-,56-,57-,58-,59-,60-,61-,62-,63-,64-,65-,66-,67-,68+,69+,70+,71-,72+,73-,76+,77+,78-,79-,80-/m1/s1. The van der Waals surface area contributed by atoms with Crippen molar-refractivity contribution in [3.8, 4) is 0 Å². The fraction of sp³-hybridized carbons (Fsp3) is 0.444. The van der Waals surface area contributed by atoms with Crippen molar-refractivity contribution >= 4 is 18.0 Å². The van der Waals surface area contributed by atoms with Gasteiger partial charge in [-0.3, -0.25) is 0 Å². The Labute approximate surface area is 660 Å². The molecule has 115 heavy (non-hydrogen) atoms. The molecule has 0 aliphatic carbocycles. The lowest BCUT2D eigenvalue weighted by Crippen LogP contribution is -2.69. The Morgan fingerprint density at radius 3 is 1.12 bits per heavy atom. The van der Waals surface area contributed by atoms with Crippen LogP contribution in [0.3, 0.4) is 0 Å². The monoisotopic (exact) mass is 1590 g/mol. The number of benzene rings is 7. The Morgan fingerprint density at radius 1 is 0.365 bits per heavy atom. The van der Waals surface area contributed by atoms with Crippen molar-refractivity contribution in [1.29, 1.82) is 0 Å². The first-order valence-corrected chi connectivity index (χ1v) is 37.2. The number of ether oxygens (including phenoxy) is 17. The number of alkyl carbamates (subject to hydrolysis) is 1. The summed E-state index contributed by atoms with van der Waals surface area (Å²) in [6.07, 6.45) is -39.9. The van der Waals surface area contributed by atoms with Gasteiger partial charge in [0.05, 0.1) is 65.6 Å². The lowest BCUT2D eigenvalue weighted by molar-refractivity contribution is -0.382. The number of amides is 1. The van der Waals surface area contributed by atoms with E-state index in [-0.39, 0.29) is 46.2 Å². The predicted molar refractivity (Wildman–Crippen MR) is 398 cm³/mol. The number of carboxylic acids is 2. The van der Waals surface area contributed by atoms with Crippen molar-refractivity contribution in [3.05, 3.63) is 272 Å². The summed E-state index contributed by atoms with van der Waals surface area (Å²) in [5, 5.41) is 92.8. The van der Waals surface area contributed by atoms with Crippen LogP contribution in [0.4, 0.5) is 4.79 Å². The third-order valence-corrected chi connectivity index (χ3v) is 19.9. The smallest absolute Gasteiger partial charge is 0.407 e. The molecule has 34 nitrogen and oxygen atoms in total. The van der Waals surface area contributed by atoms with E-state index in [9.17, 15) is 61.2 Å². The number of hydrogen-bond acceptors (Lipinski definition) is 27. The number of aliphatic carboxylic acids is 2. The van der Waals surface area contributed by atoms with E-state index in [1.165, 1.54) is 7.11 Å². The van der Waals surface area contributed by atoms with Gasteiger partial charge in [0.25, 0.3) is 0 Å². The van der Waals surface area contributed by atoms with Crippen LogP contribution in [0.15, 0.2) is 223 Å². The number of carboxylic acid groups (broad SMARTS) is 2. The zero-order chi connectivity index (χ0) is 80.6. The third kappa shape index (κ3) is 22.0. The first-order chi connectivity index (χ1) is 56.2. The summed E-state index contributed by atoms with van der Waals surface area (Å²) in [6.45, 7) is -3.88. The zero-order valence-electron chi connectivity index (χ0n) is 62.2. The van der Waals surface area contributed by atoms with Gasteiger partial charge in [0.1, 0.15) is 110 Å². The topological polar surface area (TPSA) is 459 Å². The van der Waals surface area contributed by atoms with Gasteiger partial charge >= 0.3 is 18.0 Å². The van der Waals surface area contributed by atoms with Crippen LogP contribution in [-0.4, -0.2) is 234 Å². The second-order valence-corrected chi connectivity index (χ2v) is 27.5. The summed E-state index contributed by atoms with van der Waals surface area (Å²) in [5.41, 5.74) is 25.1. The molecular weight excluding hydrogens is 1500 g/mol. The Hall–Kier alpha value is -9.47. The highest BCUT2D eigenvalue weighted by Crippen LogP contribution is 2.41. The van der Waals surface area contributed by atoms with Gasteiger partial charge in [0, 0.05) is 16.9 Å². The van der Waals surface area contributed by atoms with E-state index in [0.717, 1.165) is 5.56 Å². The molecule has 8 N–H and O–H groups in total. The zero-order valence-corrected chi connectivity index (χ0v) is 62.2. The summed E-state index contributed by atoms with van der Waals surface area (Å²) in [5.74, 6) is -3.45. The number of aliphatic hydroxyl groups excluding tert-OH is 5. The van der Waals surface area contributed by atoms with Crippen molar-refractivity contribution in [1.82, 2.24) is 5.32 Å². The van der Waals surface area contributed by atoms with E-state index in [2.05, 4.69) is 25.4 Å². The quantitative estimate of drug-likeness (QED) is 0.0112. The molecule has 5 heterocycles. The van der Waals surface area contributed by atoms with Gasteiger partial charge in [0.2, 0.25) is 0 Å². The van der Waals surface area contributed by atoms with Crippen LogP contribution < -0.4 is 5.32 Å². The molecule has 5 aliphatic heterocycles. The summed E-state index contributed by atoms with van der Waals surface area (Å²) in [7, 11) is 1.29. The van der Waals surface area contributed by atoms with Crippen LogP contribution >= 0.6 is 0 Å². The third-order valence-electron chi connectivity index (χ3n) is 19.9. The van der Waals surface area contributed by atoms with Crippen molar-refractivity contribution in [2.45, 2.75) is 200 Å². The minimum Gasteiger partial charge on any atom is -0.479 e. The maximum absolute atomic E-state index is 14.2.